The SMILES string of the molecule is C/C=S(\c1scc(Nc2nsnc2N[C@@H](c2ccoc2)C(C)(C)C)c1O)N1CCN(CC)CC1. The molecule has 3 N–H and O–H groups in total. The first-order valence-electron chi connectivity index (χ1n) is 11.5. The minimum atomic E-state index is -0.233. The van der Waals surface area contributed by atoms with Crippen LogP contribution in [0, 0.1) is 5.41 Å². The van der Waals surface area contributed by atoms with Gasteiger partial charge >= 0.3 is 0 Å². The van der Waals surface area contributed by atoms with Crippen LogP contribution in [0.3, 0.4) is 0 Å². The van der Waals surface area contributed by atoms with Crippen molar-refractivity contribution in [3.63, 3.8) is 0 Å². The second kappa shape index (κ2) is 10.8. The molecule has 8 nitrogen and oxygen atoms in total. The molecule has 34 heavy (non-hydrogen) atoms. The summed E-state index contributed by atoms with van der Waals surface area (Å²) >= 11 is 2.73. The highest BCUT2D eigenvalue weighted by atomic mass is 32.2. The fourth-order valence-electron chi connectivity index (χ4n) is 4.06. The van der Waals surface area contributed by atoms with Crippen molar-refractivity contribution in [1.82, 2.24) is 18.0 Å². The van der Waals surface area contributed by atoms with Crippen molar-refractivity contribution in [2.45, 2.75) is 44.9 Å². The molecule has 0 amide bonds. The van der Waals surface area contributed by atoms with Crippen molar-refractivity contribution in [2.75, 3.05) is 43.4 Å². The molecule has 186 valence electrons. The minimum Gasteiger partial charge on any atom is -0.504 e. The third kappa shape index (κ3) is 5.49. The fraction of sp³-hybridized carbons (Fsp3) is 0.522. The number of piperazine rings is 1. The molecule has 1 aliphatic heterocycles. The van der Waals surface area contributed by atoms with E-state index < -0.39 is 0 Å². The summed E-state index contributed by atoms with van der Waals surface area (Å²) in [7, 11) is -0.233. The molecule has 11 heteroatoms. The normalized spacial score (nSPS) is 17.7. The van der Waals surface area contributed by atoms with Gasteiger partial charge in [0, 0.05) is 37.1 Å². The van der Waals surface area contributed by atoms with Crippen LogP contribution in [-0.4, -0.2) is 61.1 Å². The van der Waals surface area contributed by atoms with E-state index in [-0.39, 0.29) is 22.1 Å². The Bertz CT molecular complexity index is 1090. The van der Waals surface area contributed by atoms with Crippen LogP contribution >= 0.6 is 33.7 Å². The van der Waals surface area contributed by atoms with Crippen LogP contribution in [0.15, 0.2) is 32.6 Å². The number of likely N-dealkylation sites (N-methyl/N-ethyl adjacent to an activating group) is 1. The van der Waals surface area contributed by atoms with Gasteiger partial charge in [-0.15, -0.1) is 11.3 Å². The van der Waals surface area contributed by atoms with Crippen molar-refractivity contribution in [3.05, 3.63) is 29.5 Å². The number of hydrogen-bond donors (Lipinski definition) is 3. The topological polar surface area (TPSA) is 89.7 Å². The highest BCUT2D eigenvalue weighted by Gasteiger charge is 2.29. The van der Waals surface area contributed by atoms with Crippen molar-refractivity contribution in [3.8, 4) is 5.75 Å². The van der Waals surface area contributed by atoms with Crippen LogP contribution < -0.4 is 10.6 Å². The summed E-state index contributed by atoms with van der Waals surface area (Å²) in [6, 6.07) is 1.96. The third-order valence-electron chi connectivity index (χ3n) is 5.97. The Morgan fingerprint density at radius 2 is 1.97 bits per heavy atom. The van der Waals surface area contributed by atoms with Crippen LogP contribution in [0.2, 0.25) is 0 Å². The molecular formula is C23H34N6O2S3. The molecule has 2 atom stereocenters. The van der Waals surface area contributed by atoms with Gasteiger partial charge in [0.25, 0.3) is 0 Å². The summed E-state index contributed by atoms with van der Waals surface area (Å²) in [5, 5.41) is 22.1. The largest absolute Gasteiger partial charge is 0.504 e. The maximum Gasteiger partial charge on any atom is 0.188 e. The highest BCUT2D eigenvalue weighted by Crippen LogP contribution is 2.47. The predicted molar refractivity (Wildman–Crippen MR) is 145 cm³/mol. The van der Waals surface area contributed by atoms with E-state index in [2.05, 4.69) is 68.6 Å². The van der Waals surface area contributed by atoms with E-state index >= 15 is 0 Å². The van der Waals surface area contributed by atoms with Crippen molar-refractivity contribution < 1.29 is 9.52 Å². The lowest BCUT2D eigenvalue weighted by atomic mass is 9.83. The first-order valence-corrected chi connectivity index (χ1v) is 14.4. The number of aromatic nitrogens is 2. The number of nitrogens with zero attached hydrogens (tertiary/aromatic N) is 4. The van der Waals surface area contributed by atoms with E-state index in [1.165, 1.54) is 0 Å². The quantitative estimate of drug-likeness (QED) is 0.318. The van der Waals surface area contributed by atoms with Crippen LogP contribution in [-0.2, 0) is 0 Å². The lowest BCUT2D eigenvalue weighted by Gasteiger charge is -2.35. The van der Waals surface area contributed by atoms with Gasteiger partial charge in [0.2, 0.25) is 0 Å². The number of hydrogen-bond acceptors (Lipinski definition) is 10. The molecule has 0 aliphatic carbocycles. The summed E-state index contributed by atoms with van der Waals surface area (Å²) in [6.45, 7) is 16.0. The molecule has 3 aromatic rings. The zero-order chi connectivity index (χ0) is 24.3. The van der Waals surface area contributed by atoms with Gasteiger partial charge in [0.1, 0.15) is 4.21 Å². The van der Waals surface area contributed by atoms with Gasteiger partial charge in [-0.2, -0.15) is 8.75 Å². The molecule has 4 rings (SSSR count). The maximum atomic E-state index is 11.1. The van der Waals surface area contributed by atoms with Gasteiger partial charge in [0.15, 0.2) is 17.4 Å². The molecule has 0 bridgehead atoms. The van der Waals surface area contributed by atoms with E-state index in [9.17, 15) is 5.11 Å². The van der Waals surface area contributed by atoms with E-state index in [0.29, 0.717) is 23.1 Å². The Kier molecular flexibility index (Phi) is 7.98. The Labute approximate surface area is 212 Å². The average Bonchev–Trinajstić information content (AvgIpc) is 3.56. The number of furan rings is 1. The molecule has 4 heterocycles. The van der Waals surface area contributed by atoms with Gasteiger partial charge in [0.05, 0.1) is 36.0 Å². The first-order chi connectivity index (χ1) is 16.3. The average molecular weight is 523 g/mol. The van der Waals surface area contributed by atoms with Gasteiger partial charge < -0.3 is 25.1 Å². The van der Waals surface area contributed by atoms with Crippen molar-refractivity contribution in [2.24, 2.45) is 5.41 Å². The Morgan fingerprint density at radius 3 is 2.59 bits per heavy atom. The lowest BCUT2D eigenvalue weighted by Crippen LogP contribution is -2.43. The van der Waals surface area contributed by atoms with Crippen LogP contribution in [0.25, 0.3) is 0 Å². The summed E-state index contributed by atoms with van der Waals surface area (Å²) in [5.41, 5.74) is 1.64. The maximum absolute atomic E-state index is 11.1. The van der Waals surface area contributed by atoms with Gasteiger partial charge in [-0.05, 0) is 30.3 Å². The number of anilines is 3. The fourth-order valence-corrected chi connectivity index (χ4v) is 7.90. The zero-order valence-corrected chi connectivity index (χ0v) is 22.8. The number of aromatic hydroxyl groups is 1. The molecule has 0 radical (unpaired) electrons. The summed E-state index contributed by atoms with van der Waals surface area (Å²) in [6.07, 6.45) is 3.44. The molecule has 1 unspecified atom stereocenters. The minimum absolute atomic E-state index is 0.00956. The van der Waals surface area contributed by atoms with E-state index in [4.69, 9.17) is 4.42 Å². The monoisotopic (exact) mass is 522 g/mol. The number of nitrogens with one attached hydrogen (secondary N) is 2. The molecule has 0 saturated carbocycles. The first kappa shape index (κ1) is 25.2. The standard InChI is InChI=1S/C23H34N6O2S3/c1-6-28-9-11-29(12-10-28)34(7-2)22-18(30)17(15-32-22)24-20-21(27-33-26-20)25-19(23(3,4)5)16-8-13-31-14-16/h7-8,13-15,19,30H,6,9-12H2,1-5H3,(H,24,26)(H,25,27)/t19-,34?/m0/s1. The van der Waals surface area contributed by atoms with Gasteiger partial charge in [-0.25, -0.2) is 4.31 Å². The molecule has 1 saturated heterocycles. The highest BCUT2D eigenvalue weighted by molar-refractivity contribution is 8.14. The van der Waals surface area contributed by atoms with Crippen LogP contribution in [0.1, 0.15) is 46.2 Å². The number of rotatable bonds is 8. The van der Waals surface area contributed by atoms with Crippen molar-refractivity contribution in [1.29, 1.82) is 0 Å². The number of thiophene rings is 1. The summed E-state index contributed by atoms with van der Waals surface area (Å²) in [5.74, 6) is 1.57. The predicted octanol–water partition coefficient (Wildman–Crippen LogP) is 5.84. The third-order valence-corrected chi connectivity index (χ3v) is 10.00. The molecular weight excluding hydrogens is 488 g/mol. The second-order valence-corrected chi connectivity index (χ2v) is 13.0. The molecule has 3 aromatic heterocycles. The van der Waals surface area contributed by atoms with Gasteiger partial charge in [-0.3, -0.25) is 0 Å². The summed E-state index contributed by atoms with van der Waals surface area (Å²) in [4.78, 5) is 2.47. The smallest absolute Gasteiger partial charge is 0.188 e. The molecule has 1 fully saturated rings. The second-order valence-electron chi connectivity index (χ2n) is 9.29. The molecule has 0 aromatic carbocycles. The van der Waals surface area contributed by atoms with E-state index in [0.717, 1.165) is 54.2 Å². The van der Waals surface area contributed by atoms with Crippen molar-refractivity contribution >= 4 is 56.4 Å². The molecule has 0 spiro atoms. The Hall–Kier alpha value is -1.92. The zero-order valence-electron chi connectivity index (χ0n) is 20.4. The molecule has 1 aliphatic rings. The van der Waals surface area contributed by atoms with E-state index in [1.807, 2.05) is 11.4 Å². The lowest BCUT2D eigenvalue weighted by molar-refractivity contribution is 0.205. The van der Waals surface area contributed by atoms with E-state index in [1.54, 1.807) is 23.9 Å². The Balaban J connectivity index is 1.52. The summed E-state index contributed by atoms with van der Waals surface area (Å²) < 4.78 is 17.7. The Morgan fingerprint density at radius 1 is 1.24 bits per heavy atom. The van der Waals surface area contributed by atoms with Crippen LogP contribution in [0.4, 0.5) is 17.3 Å². The van der Waals surface area contributed by atoms with Crippen LogP contribution in [0.5, 0.6) is 5.75 Å². The van der Waals surface area contributed by atoms with Gasteiger partial charge in [-0.1, -0.05) is 38.4 Å².